The molecule has 0 radical (unpaired) electrons. The Morgan fingerprint density at radius 1 is 1.26 bits per heavy atom. The third-order valence-corrected chi connectivity index (χ3v) is 3.82. The summed E-state index contributed by atoms with van der Waals surface area (Å²) in [5.74, 6) is -0.349. The minimum Gasteiger partial charge on any atom is -0.481 e. The summed E-state index contributed by atoms with van der Waals surface area (Å²) in [6.45, 7) is 1.84. The van der Waals surface area contributed by atoms with E-state index in [0.717, 1.165) is 0 Å². The number of anilines is 1. The van der Waals surface area contributed by atoms with Gasteiger partial charge in [0, 0.05) is 12.1 Å². The third-order valence-electron chi connectivity index (χ3n) is 3.82. The van der Waals surface area contributed by atoms with E-state index in [1.807, 2.05) is 13.0 Å². The van der Waals surface area contributed by atoms with Gasteiger partial charge in [0.25, 0.3) is 5.56 Å². The number of nitrogens with one attached hydrogen (secondary N) is 1. The van der Waals surface area contributed by atoms with Gasteiger partial charge in [0.2, 0.25) is 5.95 Å². The lowest BCUT2D eigenvalue weighted by molar-refractivity contribution is -0.139. The SMILES string of the molecule is CCn1c(N/N=C\c2ccccc2OCC(=O)O)nc2ccccc2c1=O. The minimum absolute atomic E-state index is 0.147. The molecule has 0 amide bonds. The molecular weight excluding hydrogens is 348 g/mol. The Labute approximate surface area is 154 Å². The Kier molecular flexibility index (Phi) is 5.46. The van der Waals surface area contributed by atoms with Crippen LogP contribution < -0.4 is 15.7 Å². The van der Waals surface area contributed by atoms with Crippen molar-refractivity contribution in [2.45, 2.75) is 13.5 Å². The van der Waals surface area contributed by atoms with Crippen LogP contribution in [-0.2, 0) is 11.3 Å². The number of nitrogens with zero attached hydrogens (tertiary/aromatic N) is 3. The first kappa shape index (κ1) is 18.1. The molecule has 0 unspecified atom stereocenters. The van der Waals surface area contributed by atoms with E-state index in [1.54, 1.807) is 42.5 Å². The normalized spacial score (nSPS) is 11.0. The van der Waals surface area contributed by atoms with Crippen LogP contribution in [0.5, 0.6) is 5.75 Å². The Hall–Kier alpha value is -3.68. The van der Waals surface area contributed by atoms with E-state index in [1.165, 1.54) is 10.8 Å². The summed E-state index contributed by atoms with van der Waals surface area (Å²) in [4.78, 5) is 27.7. The number of hydrogen-bond donors (Lipinski definition) is 2. The first-order valence-corrected chi connectivity index (χ1v) is 8.32. The topological polar surface area (TPSA) is 106 Å². The van der Waals surface area contributed by atoms with Crippen LogP contribution in [0.3, 0.4) is 0 Å². The van der Waals surface area contributed by atoms with Crippen molar-refractivity contribution in [3.05, 3.63) is 64.4 Å². The number of carboxylic acid groups (broad SMARTS) is 1. The maximum atomic E-state index is 12.6. The molecule has 0 aliphatic carbocycles. The molecule has 0 spiro atoms. The van der Waals surface area contributed by atoms with Gasteiger partial charge in [-0.25, -0.2) is 15.2 Å². The van der Waals surface area contributed by atoms with Crippen LogP contribution in [0.2, 0.25) is 0 Å². The fourth-order valence-electron chi connectivity index (χ4n) is 2.56. The number of benzene rings is 2. The van der Waals surface area contributed by atoms with Crippen molar-refractivity contribution in [1.29, 1.82) is 0 Å². The van der Waals surface area contributed by atoms with E-state index in [-0.39, 0.29) is 5.56 Å². The highest BCUT2D eigenvalue weighted by Gasteiger charge is 2.09. The number of aliphatic carboxylic acids is 1. The van der Waals surface area contributed by atoms with Gasteiger partial charge in [0.05, 0.1) is 17.1 Å². The van der Waals surface area contributed by atoms with Crippen molar-refractivity contribution in [3.8, 4) is 5.75 Å². The molecule has 0 atom stereocenters. The second kappa shape index (κ2) is 8.13. The lowest BCUT2D eigenvalue weighted by Crippen LogP contribution is -2.23. The molecule has 0 aliphatic heterocycles. The summed E-state index contributed by atoms with van der Waals surface area (Å²) in [6.07, 6.45) is 1.48. The quantitative estimate of drug-likeness (QED) is 0.491. The predicted octanol–water partition coefficient (Wildman–Crippen LogP) is 2.33. The van der Waals surface area contributed by atoms with Crippen LogP contribution in [0.1, 0.15) is 12.5 Å². The maximum absolute atomic E-state index is 12.6. The fourth-order valence-corrected chi connectivity index (χ4v) is 2.56. The molecular formula is C19H18N4O4. The zero-order valence-electron chi connectivity index (χ0n) is 14.6. The number of aromatic nitrogens is 2. The van der Waals surface area contributed by atoms with Crippen LogP contribution >= 0.6 is 0 Å². The Balaban J connectivity index is 1.87. The van der Waals surface area contributed by atoms with Crippen molar-refractivity contribution >= 4 is 29.0 Å². The van der Waals surface area contributed by atoms with Gasteiger partial charge in [0.1, 0.15) is 5.75 Å². The molecule has 1 heterocycles. The van der Waals surface area contributed by atoms with Gasteiger partial charge < -0.3 is 9.84 Å². The van der Waals surface area contributed by atoms with E-state index in [0.29, 0.717) is 34.7 Å². The summed E-state index contributed by atoms with van der Waals surface area (Å²) < 4.78 is 6.73. The van der Waals surface area contributed by atoms with E-state index < -0.39 is 12.6 Å². The minimum atomic E-state index is -1.06. The molecule has 27 heavy (non-hydrogen) atoms. The summed E-state index contributed by atoms with van der Waals surface area (Å²) >= 11 is 0. The molecule has 3 rings (SSSR count). The molecule has 0 aliphatic rings. The average Bonchev–Trinajstić information content (AvgIpc) is 2.67. The third kappa shape index (κ3) is 4.12. The van der Waals surface area contributed by atoms with Crippen LogP contribution in [0.4, 0.5) is 5.95 Å². The highest BCUT2D eigenvalue weighted by Crippen LogP contribution is 2.16. The van der Waals surface area contributed by atoms with Crippen LogP contribution in [0, 0.1) is 0 Å². The molecule has 3 aromatic rings. The van der Waals surface area contributed by atoms with Gasteiger partial charge in [0.15, 0.2) is 6.61 Å². The molecule has 0 saturated carbocycles. The van der Waals surface area contributed by atoms with E-state index >= 15 is 0 Å². The molecule has 0 saturated heterocycles. The number of carbonyl (C=O) groups is 1. The summed E-state index contributed by atoms with van der Waals surface area (Å²) in [5, 5.41) is 13.4. The number of carboxylic acids is 1. The standard InChI is InChI=1S/C19H18N4O4/c1-2-23-18(26)14-8-4-5-9-15(14)21-19(23)22-20-11-13-7-3-6-10-16(13)27-12-17(24)25/h3-11H,2,12H2,1H3,(H,21,22)(H,24,25)/b20-11-. The number of ether oxygens (including phenoxy) is 1. The van der Waals surface area contributed by atoms with Gasteiger partial charge in [-0.2, -0.15) is 5.10 Å². The zero-order chi connectivity index (χ0) is 19.2. The van der Waals surface area contributed by atoms with Crippen molar-refractivity contribution in [1.82, 2.24) is 9.55 Å². The van der Waals surface area contributed by atoms with E-state index in [9.17, 15) is 9.59 Å². The second-order valence-electron chi connectivity index (χ2n) is 5.59. The van der Waals surface area contributed by atoms with Gasteiger partial charge in [-0.3, -0.25) is 9.36 Å². The largest absolute Gasteiger partial charge is 0.481 e. The number of hydrogen-bond acceptors (Lipinski definition) is 6. The van der Waals surface area contributed by atoms with Crippen molar-refractivity contribution in [2.24, 2.45) is 5.10 Å². The molecule has 2 N–H and O–H groups in total. The number of rotatable bonds is 7. The van der Waals surface area contributed by atoms with Crippen molar-refractivity contribution < 1.29 is 14.6 Å². The highest BCUT2D eigenvalue weighted by atomic mass is 16.5. The van der Waals surface area contributed by atoms with Gasteiger partial charge >= 0.3 is 5.97 Å². The van der Waals surface area contributed by atoms with Gasteiger partial charge in [-0.05, 0) is 31.2 Å². The predicted molar refractivity (Wildman–Crippen MR) is 102 cm³/mol. The van der Waals surface area contributed by atoms with Crippen LogP contribution in [-0.4, -0.2) is 33.4 Å². The molecule has 1 aromatic heterocycles. The average molecular weight is 366 g/mol. The molecule has 138 valence electrons. The van der Waals surface area contributed by atoms with Crippen LogP contribution in [0.15, 0.2) is 58.4 Å². The Bertz CT molecular complexity index is 1060. The number of para-hydroxylation sites is 2. The van der Waals surface area contributed by atoms with E-state index in [2.05, 4.69) is 15.5 Å². The van der Waals surface area contributed by atoms with Crippen molar-refractivity contribution in [3.63, 3.8) is 0 Å². The summed E-state index contributed by atoms with van der Waals surface area (Å²) in [5.41, 5.74) is 3.81. The number of fused-ring (bicyclic) bond motifs is 1. The maximum Gasteiger partial charge on any atom is 0.341 e. The molecule has 8 heteroatoms. The molecule has 0 bridgehead atoms. The molecule has 0 fully saturated rings. The number of hydrazone groups is 1. The fraction of sp³-hybridized carbons (Fsp3) is 0.158. The van der Waals surface area contributed by atoms with Gasteiger partial charge in [-0.15, -0.1) is 0 Å². The second-order valence-corrected chi connectivity index (χ2v) is 5.59. The van der Waals surface area contributed by atoms with Crippen LogP contribution in [0.25, 0.3) is 10.9 Å². The first-order chi connectivity index (χ1) is 13.1. The lowest BCUT2D eigenvalue weighted by Gasteiger charge is -2.10. The zero-order valence-corrected chi connectivity index (χ0v) is 14.6. The Morgan fingerprint density at radius 2 is 2.00 bits per heavy atom. The lowest BCUT2D eigenvalue weighted by atomic mass is 10.2. The summed E-state index contributed by atoms with van der Waals surface area (Å²) in [6, 6.07) is 14.0. The summed E-state index contributed by atoms with van der Waals surface area (Å²) in [7, 11) is 0. The first-order valence-electron chi connectivity index (χ1n) is 8.32. The smallest absolute Gasteiger partial charge is 0.341 e. The molecule has 8 nitrogen and oxygen atoms in total. The monoisotopic (exact) mass is 366 g/mol. The van der Waals surface area contributed by atoms with E-state index in [4.69, 9.17) is 9.84 Å². The highest BCUT2D eigenvalue weighted by molar-refractivity contribution is 5.84. The van der Waals surface area contributed by atoms with Gasteiger partial charge in [-0.1, -0.05) is 24.3 Å². The Morgan fingerprint density at radius 3 is 2.78 bits per heavy atom. The van der Waals surface area contributed by atoms with Crippen molar-refractivity contribution in [2.75, 3.05) is 12.0 Å². The molecule has 2 aromatic carbocycles.